The van der Waals surface area contributed by atoms with Crippen LogP contribution in [0.15, 0.2) is 34.3 Å². The fourth-order valence-electron chi connectivity index (χ4n) is 2.21. The Kier molecular flexibility index (Phi) is 5.31. The van der Waals surface area contributed by atoms with E-state index >= 15 is 0 Å². The van der Waals surface area contributed by atoms with Gasteiger partial charge in [0.15, 0.2) is 0 Å². The molecule has 1 aliphatic heterocycles. The van der Waals surface area contributed by atoms with Gasteiger partial charge in [-0.25, -0.2) is 8.42 Å². The maximum atomic E-state index is 12.5. The third-order valence-corrected chi connectivity index (χ3v) is 5.36. The molecule has 0 unspecified atom stereocenters. The van der Waals surface area contributed by atoms with Gasteiger partial charge < -0.3 is 5.73 Å². The SMILES string of the molecule is N#CC(=NNc1ccc(S(=O)(=O)N2CCCCC2)cc1)C(N)=O. The summed E-state index contributed by atoms with van der Waals surface area (Å²) in [6.07, 6.45) is 2.79. The summed E-state index contributed by atoms with van der Waals surface area (Å²) in [6.45, 7) is 1.08. The molecule has 1 amide bonds. The number of nitrogens with zero attached hydrogens (tertiary/aromatic N) is 3. The number of primary amides is 1. The number of hydrazone groups is 1. The zero-order chi connectivity index (χ0) is 16.9. The van der Waals surface area contributed by atoms with Gasteiger partial charge >= 0.3 is 0 Å². The predicted octanol–water partition coefficient (Wildman–Crippen LogP) is 0.638. The molecular weight excluding hydrogens is 318 g/mol. The number of nitrogens with two attached hydrogens (primary N) is 1. The number of carbonyl (C=O) groups excluding carboxylic acids is 1. The smallest absolute Gasteiger partial charge is 0.280 e. The van der Waals surface area contributed by atoms with E-state index in [0.717, 1.165) is 19.3 Å². The number of nitrogens with one attached hydrogen (secondary N) is 1. The van der Waals surface area contributed by atoms with Gasteiger partial charge in [0.1, 0.15) is 6.07 Å². The molecule has 2 rings (SSSR count). The van der Waals surface area contributed by atoms with Gasteiger partial charge in [-0.2, -0.15) is 14.7 Å². The average molecular weight is 335 g/mol. The molecule has 0 saturated carbocycles. The Morgan fingerprint density at radius 3 is 2.35 bits per heavy atom. The van der Waals surface area contributed by atoms with Crippen molar-refractivity contribution in [2.75, 3.05) is 18.5 Å². The quantitative estimate of drug-likeness (QED) is 0.602. The minimum absolute atomic E-state index is 0.198. The molecule has 1 aromatic carbocycles. The van der Waals surface area contributed by atoms with Crippen LogP contribution in [0.25, 0.3) is 0 Å². The first-order valence-electron chi connectivity index (χ1n) is 7.09. The third kappa shape index (κ3) is 4.06. The van der Waals surface area contributed by atoms with Crippen molar-refractivity contribution in [3.8, 4) is 6.07 Å². The number of hydrogen-bond donors (Lipinski definition) is 2. The van der Waals surface area contributed by atoms with Crippen LogP contribution >= 0.6 is 0 Å². The molecule has 1 aromatic rings. The van der Waals surface area contributed by atoms with Gasteiger partial charge in [-0.3, -0.25) is 10.2 Å². The molecule has 1 saturated heterocycles. The molecule has 9 heteroatoms. The summed E-state index contributed by atoms with van der Waals surface area (Å²) < 4.78 is 26.4. The van der Waals surface area contributed by atoms with Crippen LogP contribution in [0.3, 0.4) is 0 Å². The van der Waals surface area contributed by atoms with Gasteiger partial charge in [-0.05, 0) is 37.1 Å². The van der Waals surface area contributed by atoms with E-state index in [1.54, 1.807) is 6.07 Å². The Balaban J connectivity index is 2.13. The van der Waals surface area contributed by atoms with Gasteiger partial charge in [-0.1, -0.05) is 6.42 Å². The largest absolute Gasteiger partial charge is 0.364 e. The lowest BCUT2D eigenvalue weighted by atomic mass is 10.2. The van der Waals surface area contributed by atoms with Gasteiger partial charge in [0.25, 0.3) is 5.91 Å². The number of hydrogen-bond acceptors (Lipinski definition) is 6. The topological polar surface area (TPSA) is 129 Å². The Morgan fingerprint density at radius 2 is 1.83 bits per heavy atom. The first-order chi connectivity index (χ1) is 10.9. The lowest BCUT2D eigenvalue weighted by Crippen LogP contribution is -2.35. The molecule has 0 aliphatic carbocycles. The van der Waals surface area contributed by atoms with Crippen LogP contribution in [0.5, 0.6) is 0 Å². The minimum Gasteiger partial charge on any atom is -0.364 e. The molecule has 1 aliphatic rings. The summed E-state index contributed by atoms with van der Waals surface area (Å²) in [5.41, 5.74) is 7.43. The molecule has 0 bridgehead atoms. The van der Waals surface area contributed by atoms with Crippen molar-refractivity contribution in [1.29, 1.82) is 5.26 Å². The Morgan fingerprint density at radius 1 is 1.22 bits per heavy atom. The lowest BCUT2D eigenvalue weighted by Gasteiger charge is -2.25. The van der Waals surface area contributed by atoms with Crippen LogP contribution in [-0.4, -0.2) is 37.4 Å². The van der Waals surface area contributed by atoms with Gasteiger partial charge in [0, 0.05) is 13.1 Å². The van der Waals surface area contributed by atoms with Crippen LogP contribution in [0.1, 0.15) is 19.3 Å². The number of rotatable bonds is 5. The number of anilines is 1. The van der Waals surface area contributed by atoms with Crippen LogP contribution in [0, 0.1) is 11.3 Å². The molecule has 0 radical (unpaired) electrons. The first kappa shape index (κ1) is 16.9. The molecule has 1 fully saturated rings. The Hall–Kier alpha value is -2.44. The van der Waals surface area contributed by atoms with Gasteiger partial charge in [0.05, 0.1) is 10.6 Å². The van der Waals surface area contributed by atoms with Crippen molar-refractivity contribution in [2.24, 2.45) is 10.8 Å². The first-order valence-corrected chi connectivity index (χ1v) is 8.53. The summed E-state index contributed by atoms with van der Waals surface area (Å²) in [4.78, 5) is 11.1. The molecular formula is C14H17N5O3S. The fourth-order valence-corrected chi connectivity index (χ4v) is 3.73. The standard InChI is InChI=1S/C14H17N5O3S/c15-10-13(14(16)20)18-17-11-4-6-12(7-5-11)23(21,22)19-8-2-1-3-9-19/h4-7,17H,1-3,8-9H2,(H2,16,20). The normalized spacial score (nSPS) is 16.6. The lowest BCUT2D eigenvalue weighted by molar-refractivity contribution is -0.111. The molecule has 23 heavy (non-hydrogen) atoms. The van der Waals surface area contributed by atoms with Crippen molar-refractivity contribution < 1.29 is 13.2 Å². The van der Waals surface area contributed by atoms with Crippen molar-refractivity contribution in [1.82, 2.24) is 4.31 Å². The van der Waals surface area contributed by atoms with Crippen LogP contribution < -0.4 is 11.2 Å². The summed E-state index contributed by atoms with van der Waals surface area (Å²) in [6, 6.07) is 7.49. The Bertz CT molecular complexity index is 744. The maximum absolute atomic E-state index is 12.5. The average Bonchev–Trinajstić information content (AvgIpc) is 2.56. The number of benzene rings is 1. The molecule has 0 spiro atoms. The predicted molar refractivity (Wildman–Crippen MR) is 84.9 cm³/mol. The zero-order valence-corrected chi connectivity index (χ0v) is 13.2. The second-order valence-corrected chi connectivity index (χ2v) is 6.98. The highest BCUT2D eigenvalue weighted by atomic mass is 32.2. The number of carbonyl (C=O) groups is 1. The van der Waals surface area contributed by atoms with E-state index < -0.39 is 21.6 Å². The monoisotopic (exact) mass is 335 g/mol. The molecule has 0 atom stereocenters. The van der Waals surface area contributed by atoms with E-state index in [1.165, 1.54) is 28.6 Å². The highest BCUT2D eigenvalue weighted by Gasteiger charge is 2.25. The van der Waals surface area contributed by atoms with E-state index in [1.807, 2.05) is 0 Å². The van der Waals surface area contributed by atoms with Gasteiger partial charge in [-0.15, -0.1) is 0 Å². The number of nitriles is 1. The van der Waals surface area contributed by atoms with Crippen molar-refractivity contribution in [2.45, 2.75) is 24.2 Å². The molecule has 122 valence electrons. The highest BCUT2D eigenvalue weighted by Crippen LogP contribution is 2.21. The Labute approximate surface area is 134 Å². The van der Waals surface area contributed by atoms with Crippen molar-refractivity contribution in [3.05, 3.63) is 24.3 Å². The highest BCUT2D eigenvalue weighted by molar-refractivity contribution is 7.89. The van der Waals surface area contributed by atoms with Crippen molar-refractivity contribution in [3.63, 3.8) is 0 Å². The molecule has 1 heterocycles. The molecule has 8 nitrogen and oxygen atoms in total. The summed E-state index contributed by atoms with van der Waals surface area (Å²) in [5, 5.41) is 12.2. The van der Waals surface area contributed by atoms with E-state index in [4.69, 9.17) is 11.0 Å². The van der Waals surface area contributed by atoms with Crippen LogP contribution in [0.4, 0.5) is 5.69 Å². The van der Waals surface area contributed by atoms with Crippen LogP contribution in [-0.2, 0) is 14.8 Å². The third-order valence-electron chi connectivity index (χ3n) is 3.44. The molecule has 0 aromatic heterocycles. The van der Waals surface area contributed by atoms with E-state index in [9.17, 15) is 13.2 Å². The second-order valence-electron chi connectivity index (χ2n) is 5.04. The zero-order valence-electron chi connectivity index (χ0n) is 12.4. The number of sulfonamides is 1. The summed E-state index contributed by atoms with van der Waals surface area (Å²) >= 11 is 0. The number of piperidine rings is 1. The van der Waals surface area contributed by atoms with E-state index in [0.29, 0.717) is 18.8 Å². The van der Waals surface area contributed by atoms with E-state index in [2.05, 4.69) is 10.5 Å². The minimum atomic E-state index is -3.48. The fraction of sp³-hybridized carbons (Fsp3) is 0.357. The molecule has 3 N–H and O–H groups in total. The number of amides is 1. The van der Waals surface area contributed by atoms with E-state index in [-0.39, 0.29) is 4.90 Å². The maximum Gasteiger partial charge on any atom is 0.280 e. The summed E-state index contributed by atoms with van der Waals surface area (Å²) in [5.74, 6) is -0.940. The summed E-state index contributed by atoms with van der Waals surface area (Å²) in [7, 11) is -3.48. The second kappa shape index (κ2) is 7.21. The van der Waals surface area contributed by atoms with Crippen molar-refractivity contribution >= 4 is 27.3 Å². The van der Waals surface area contributed by atoms with Crippen LogP contribution in [0.2, 0.25) is 0 Å². The van der Waals surface area contributed by atoms with Gasteiger partial charge in [0.2, 0.25) is 15.7 Å².